The highest BCUT2D eigenvalue weighted by Gasteiger charge is 2.49. The number of carbonyl (C=O) groups excluding carboxylic acids is 1. The number of hydrogen-bond donors (Lipinski definition) is 1. The van der Waals surface area contributed by atoms with E-state index in [0.29, 0.717) is 18.7 Å². The minimum Gasteiger partial charge on any atom is -0.444 e. The van der Waals surface area contributed by atoms with Crippen LogP contribution in [0, 0.1) is 0 Å². The second-order valence-electron chi connectivity index (χ2n) is 8.20. The molecular formula is C18H23BrN4O3S. The molecule has 0 radical (unpaired) electrons. The number of fused-ring (bicyclic) bond motifs is 3. The van der Waals surface area contributed by atoms with Crippen LogP contribution in [-0.2, 0) is 9.48 Å². The summed E-state index contributed by atoms with van der Waals surface area (Å²) < 4.78 is 7.43. The van der Waals surface area contributed by atoms with Gasteiger partial charge in [0.05, 0.1) is 16.0 Å². The number of rotatable bonds is 0. The van der Waals surface area contributed by atoms with Gasteiger partial charge in [0.25, 0.3) is 5.56 Å². The van der Waals surface area contributed by atoms with Crippen LogP contribution < -0.4 is 5.56 Å². The molecular weight excluding hydrogens is 432 g/mol. The third-order valence-electron chi connectivity index (χ3n) is 5.08. The van der Waals surface area contributed by atoms with Crippen LogP contribution in [0.25, 0.3) is 5.65 Å². The summed E-state index contributed by atoms with van der Waals surface area (Å²) in [5.41, 5.74) is 1.74. The zero-order chi connectivity index (χ0) is 19.6. The molecule has 4 heterocycles. The molecule has 0 aliphatic carbocycles. The van der Waals surface area contributed by atoms with Crippen molar-refractivity contribution in [3.8, 4) is 0 Å². The first kappa shape index (κ1) is 18.9. The molecule has 1 amide bonds. The number of hydrogen-bond acceptors (Lipinski definition) is 5. The molecule has 27 heavy (non-hydrogen) atoms. The van der Waals surface area contributed by atoms with Gasteiger partial charge in [0, 0.05) is 24.4 Å². The Kier molecular flexibility index (Phi) is 4.38. The molecule has 2 aromatic rings. The molecule has 2 aliphatic rings. The Morgan fingerprint density at radius 3 is 2.70 bits per heavy atom. The third kappa shape index (κ3) is 3.18. The number of H-pyrrole nitrogens is 1. The maximum Gasteiger partial charge on any atom is 0.410 e. The number of nitrogens with one attached hydrogen (secondary N) is 1. The van der Waals surface area contributed by atoms with Crippen LogP contribution >= 0.6 is 27.7 Å². The molecule has 0 bridgehead atoms. The lowest BCUT2D eigenvalue weighted by Gasteiger charge is -2.39. The molecule has 9 heteroatoms. The van der Waals surface area contributed by atoms with E-state index in [0.717, 1.165) is 28.7 Å². The predicted octanol–water partition coefficient (Wildman–Crippen LogP) is 3.82. The van der Waals surface area contributed by atoms with Crippen molar-refractivity contribution < 1.29 is 9.53 Å². The zero-order valence-corrected chi connectivity index (χ0v) is 18.2. The number of nitrogens with zero attached hydrogens (tertiary/aromatic N) is 3. The van der Waals surface area contributed by atoms with Gasteiger partial charge in [0.15, 0.2) is 5.65 Å². The highest BCUT2D eigenvalue weighted by Crippen LogP contribution is 2.57. The number of piperidine rings is 1. The lowest BCUT2D eigenvalue weighted by molar-refractivity contribution is 0.0196. The van der Waals surface area contributed by atoms with Gasteiger partial charge >= 0.3 is 6.09 Å². The van der Waals surface area contributed by atoms with Gasteiger partial charge in [-0.3, -0.25) is 9.89 Å². The summed E-state index contributed by atoms with van der Waals surface area (Å²) in [5, 5.41) is 3.16. The molecule has 1 atom stereocenters. The Bertz CT molecular complexity index is 969. The average Bonchev–Trinajstić information content (AvgIpc) is 3.05. The number of aromatic amines is 1. The van der Waals surface area contributed by atoms with Gasteiger partial charge in [-0.05, 0) is 56.5 Å². The fourth-order valence-electron chi connectivity index (χ4n) is 3.93. The van der Waals surface area contributed by atoms with Gasteiger partial charge in [-0.2, -0.15) is 0 Å². The summed E-state index contributed by atoms with van der Waals surface area (Å²) in [4.78, 5) is 32.1. The van der Waals surface area contributed by atoms with Gasteiger partial charge in [0.1, 0.15) is 10.2 Å². The van der Waals surface area contributed by atoms with Crippen molar-refractivity contribution in [2.75, 3.05) is 13.1 Å². The molecule has 1 unspecified atom stereocenters. The molecule has 0 aromatic carbocycles. The van der Waals surface area contributed by atoms with Crippen molar-refractivity contribution >= 4 is 39.4 Å². The van der Waals surface area contributed by atoms with Crippen LogP contribution in [0.2, 0.25) is 0 Å². The summed E-state index contributed by atoms with van der Waals surface area (Å²) in [6.45, 7) is 8.85. The van der Waals surface area contributed by atoms with Crippen LogP contribution in [0.5, 0.6) is 0 Å². The molecule has 4 rings (SSSR count). The van der Waals surface area contributed by atoms with Gasteiger partial charge in [-0.1, -0.05) is 0 Å². The van der Waals surface area contributed by atoms with Crippen molar-refractivity contribution in [2.45, 2.75) is 56.1 Å². The van der Waals surface area contributed by atoms with E-state index in [1.807, 2.05) is 26.8 Å². The van der Waals surface area contributed by atoms with Crippen molar-refractivity contribution in [1.29, 1.82) is 0 Å². The Morgan fingerprint density at radius 1 is 1.41 bits per heavy atom. The van der Waals surface area contributed by atoms with Crippen LogP contribution in [0.4, 0.5) is 4.79 Å². The third-order valence-corrected chi connectivity index (χ3v) is 7.12. The van der Waals surface area contributed by atoms with Crippen LogP contribution in [-0.4, -0.2) is 44.3 Å². The average molecular weight is 455 g/mol. The van der Waals surface area contributed by atoms with Crippen LogP contribution in [0.15, 0.2) is 15.5 Å². The first-order valence-corrected chi connectivity index (χ1v) is 10.7. The van der Waals surface area contributed by atoms with E-state index in [4.69, 9.17) is 9.72 Å². The fraction of sp³-hybridized carbons (Fsp3) is 0.611. The lowest BCUT2D eigenvalue weighted by Crippen LogP contribution is -2.46. The maximum atomic E-state index is 13.2. The van der Waals surface area contributed by atoms with E-state index in [9.17, 15) is 9.59 Å². The summed E-state index contributed by atoms with van der Waals surface area (Å²) in [6.07, 6.45) is 1.16. The van der Waals surface area contributed by atoms with Gasteiger partial charge < -0.3 is 9.64 Å². The van der Waals surface area contributed by atoms with E-state index in [-0.39, 0.29) is 21.6 Å². The molecule has 1 fully saturated rings. The monoisotopic (exact) mass is 454 g/mol. The van der Waals surface area contributed by atoms with E-state index < -0.39 is 5.60 Å². The van der Waals surface area contributed by atoms with Gasteiger partial charge in [-0.25, -0.2) is 14.3 Å². The number of thioether (sulfide) groups is 1. The Hall–Kier alpha value is -1.48. The van der Waals surface area contributed by atoms with Crippen molar-refractivity contribution in [3.05, 3.63) is 32.3 Å². The van der Waals surface area contributed by atoms with Gasteiger partial charge in [0.2, 0.25) is 0 Å². The number of likely N-dealkylation sites (tertiary alicyclic amines) is 1. The Labute approximate surface area is 170 Å². The second-order valence-corrected chi connectivity index (χ2v) is 10.8. The van der Waals surface area contributed by atoms with Crippen molar-refractivity contribution in [2.24, 2.45) is 0 Å². The maximum absolute atomic E-state index is 13.2. The lowest BCUT2D eigenvalue weighted by atomic mass is 9.88. The second kappa shape index (κ2) is 6.27. The summed E-state index contributed by atoms with van der Waals surface area (Å²) in [6, 6.07) is 1.81. The van der Waals surface area contributed by atoms with Crippen LogP contribution in [0.3, 0.4) is 0 Å². The number of amides is 1. The standard InChI is InChI=1S/C18H23BrN4O3S/c1-10-14-13(15(24)23-12(20-14)9-11(19)21-23)18(27-10)5-7-22(8-6-18)16(25)26-17(2,3)4/h9-10,21H,5-8H2,1-4H3. The normalized spacial score (nSPS) is 21.7. The molecule has 1 spiro atoms. The summed E-state index contributed by atoms with van der Waals surface area (Å²) in [7, 11) is 0. The van der Waals surface area contributed by atoms with Crippen molar-refractivity contribution in [3.63, 3.8) is 0 Å². The topological polar surface area (TPSA) is 79.7 Å². The first-order chi connectivity index (χ1) is 12.6. The summed E-state index contributed by atoms with van der Waals surface area (Å²) >= 11 is 5.18. The predicted molar refractivity (Wildman–Crippen MR) is 108 cm³/mol. The number of carbonyl (C=O) groups is 1. The molecule has 2 aliphatic heterocycles. The fourth-order valence-corrected chi connectivity index (χ4v) is 6.00. The van der Waals surface area contributed by atoms with E-state index in [1.165, 1.54) is 4.52 Å². The van der Waals surface area contributed by atoms with Crippen LogP contribution in [0.1, 0.15) is 57.0 Å². The molecule has 7 nitrogen and oxygen atoms in total. The van der Waals surface area contributed by atoms with E-state index >= 15 is 0 Å². The van der Waals surface area contributed by atoms with E-state index in [1.54, 1.807) is 16.7 Å². The molecule has 2 aromatic heterocycles. The SMILES string of the molecule is CC1SC2(CCN(C(=O)OC(C)(C)C)CC2)c2c1nc1cc(Br)[nH]n1c2=O. The molecule has 1 N–H and O–H groups in total. The largest absolute Gasteiger partial charge is 0.444 e. The quantitative estimate of drug-likeness (QED) is 0.654. The smallest absolute Gasteiger partial charge is 0.410 e. The minimum atomic E-state index is -0.509. The van der Waals surface area contributed by atoms with Gasteiger partial charge in [-0.15, -0.1) is 11.8 Å². The highest BCUT2D eigenvalue weighted by atomic mass is 79.9. The Balaban J connectivity index is 1.65. The zero-order valence-electron chi connectivity index (χ0n) is 15.8. The Morgan fingerprint density at radius 2 is 2.07 bits per heavy atom. The molecule has 146 valence electrons. The first-order valence-electron chi connectivity index (χ1n) is 9.07. The number of halogens is 1. The summed E-state index contributed by atoms with van der Waals surface area (Å²) in [5.74, 6) is 0. The molecule has 0 saturated carbocycles. The number of ether oxygens (including phenoxy) is 1. The number of aromatic nitrogens is 3. The highest BCUT2D eigenvalue weighted by molar-refractivity contribution is 9.10. The van der Waals surface area contributed by atoms with Crippen molar-refractivity contribution in [1.82, 2.24) is 19.5 Å². The van der Waals surface area contributed by atoms with E-state index in [2.05, 4.69) is 28.0 Å². The molecule has 1 saturated heterocycles. The minimum absolute atomic E-state index is 0.0386.